The van der Waals surface area contributed by atoms with Crippen molar-refractivity contribution >= 4 is 17.4 Å². The quantitative estimate of drug-likeness (QED) is 0.858. The van der Waals surface area contributed by atoms with Crippen LogP contribution in [0.5, 0.6) is 5.88 Å². The molecule has 0 spiro atoms. The normalized spacial score (nSPS) is 11.8. The number of ether oxygens (including phenoxy) is 1. The van der Waals surface area contributed by atoms with Crippen LogP contribution in [0, 0.1) is 6.92 Å². The van der Waals surface area contributed by atoms with Crippen LogP contribution in [0.25, 0.3) is 0 Å². The number of carbonyl (C=O) groups excluding carboxylic acids is 1. The number of nitrogens with one attached hydrogen (secondary N) is 2. The highest BCUT2D eigenvalue weighted by Gasteiger charge is 2.13. The minimum atomic E-state index is -0.244. The number of rotatable bonds is 6. The summed E-state index contributed by atoms with van der Waals surface area (Å²) in [5.74, 6) is 0.550. The molecule has 0 radical (unpaired) electrons. The lowest BCUT2D eigenvalue weighted by atomic mass is 10.2. The molecule has 2 N–H and O–H groups in total. The van der Waals surface area contributed by atoms with Gasteiger partial charge in [0.25, 0.3) is 0 Å². The van der Waals surface area contributed by atoms with Gasteiger partial charge in [-0.2, -0.15) is 0 Å². The number of pyridine rings is 1. The number of nitrogens with zero attached hydrogens (tertiary/aromatic N) is 2. The SMILES string of the molecule is CCOc1ncccc1CNC(=O)N[C@H](C)c1nc(C)cs1. The Morgan fingerprint density at radius 3 is 3.00 bits per heavy atom. The molecule has 0 aliphatic rings. The highest BCUT2D eigenvalue weighted by atomic mass is 32.1. The van der Waals surface area contributed by atoms with Crippen molar-refractivity contribution in [1.82, 2.24) is 20.6 Å². The van der Waals surface area contributed by atoms with Crippen molar-refractivity contribution in [2.75, 3.05) is 6.61 Å². The maximum Gasteiger partial charge on any atom is 0.315 e. The molecule has 22 heavy (non-hydrogen) atoms. The van der Waals surface area contributed by atoms with E-state index in [2.05, 4.69) is 20.6 Å². The van der Waals surface area contributed by atoms with Crippen molar-refractivity contribution in [3.05, 3.63) is 40.0 Å². The fourth-order valence-electron chi connectivity index (χ4n) is 1.88. The van der Waals surface area contributed by atoms with Crippen LogP contribution in [0.1, 0.15) is 36.2 Å². The van der Waals surface area contributed by atoms with Gasteiger partial charge in [-0.05, 0) is 26.8 Å². The summed E-state index contributed by atoms with van der Waals surface area (Å²) in [7, 11) is 0. The zero-order valence-corrected chi connectivity index (χ0v) is 13.7. The lowest BCUT2D eigenvalue weighted by Crippen LogP contribution is -2.36. The number of hydrogen-bond donors (Lipinski definition) is 2. The van der Waals surface area contributed by atoms with Gasteiger partial charge in [-0.1, -0.05) is 6.07 Å². The molecule has 2 aromatic heterocycles. The molecule has 0 saturated carbocycles. The number of urea groups is 1. The lowest BCUT2D eigenvalue weighted by Gasteiger charge is -2.13. The van der Waals surface area contributed by atoms with Gasteiger partial charge in [0.15, 0.2) is 0 Å². The molecule has 0 saturated heterocycles. The van der Waals surface area contributed by atoms with Gasteiger partial charge in [0.05, 0.1) is 12.6 Å². The van der Waals surface area contributed by atoms with E-state index in [0.717, 1.165) is 16.3 Å². The molecule has 0 aliphatic carbocycles. The molecular formula is C15H20N4O2S. The zero-order chi connectivity index (χ0) is 15.9. The summed E-state index contributed by atoms with van der Waals surface area (Å²) >= 11 is 1.54. The van der Waals surface area contributed by atoms with Crippen molar-refractivity contribution in [1.29, 1.82) is 0 Å². The molecule has 118 valence electrons. The van der Waals surface area contributed by atoms with Crippen LogP contribution in [-0.2, 0) is 6.54 Å². The van der Waals surface area contributed by atoms with Gasteiger partial charge in [-0.3, -0.25) is 0 Å². The van der Waals surface area contributed by atoms with Gasteiger partial charge in [0.1, 0.15) is 5.01 Å². The first-order valence-corrected chi connectivity index (χ1v) is 8.01. The molecular weight excluding hydrogens is 300 g/mol. The molecule has 7 heteroatoms. The second-order valence-corrected chi connectivity index (χ2v) is 5.67. The topological polar surface area (TPSA) is 76.1 Å². The molecule has 2 heterocycles. The van der Waals surface area contributed by atoms with Crippen LogP contribution < -0.4 is 15.4 Å². The summed E-state index contributed by atoms with van der Waals surface area (Å²) < 4.78 is 5.43. The number of aryl methyl sites for hydroxylation is 1. The Morgan fingerprint density at radius 1 is 1.50 bits per heavy atom. The molecule has 0 unspecified atom stereocenters. The first kappa shape index (κ1) is 16.2. The highest BCUT2D eigenvalue weighted by Crippen LogP contribution is 2.17. The summed E-state index contributed by atoms with van der Waals surface area (Å²) in [5, 5.41) is 8.54. The summed E-state index contributed by atoms with van der Waals surface area (Å²) in [5.41, 5.74) is 1.81. The number of thiazole rings is 1. The minimum Gasteiger partial charge on any atom is -0.478 e. The predicted octanol–water partition coefficient (Wildman–Crippen LogP) is 2.81. The van der Waals surface area contributed by atoms with E-state index in [1.54, 1.807) is 6.20 Å². The van der Waals surface area contributed by atoms with Gasteiger partial charge < -0.3 is 15.4 Å². The molecule has 0 aromatic carbocycles. The highest BCUT2D eigenvalue weighted by molar-refractivity contribution is 7.09. The monoisotopic (exact) mass is 320 g/mol. The molecule has 0 bridgehead atoms. The summed E-state index contributed by atoms with van der Waals surface area (Å²) in [6.07, 6.45) is 1.67. The third kappa shape index (κ3) is 4.42. The van der Waals surface area contributed by atoms with Crippen LogP contribution in [0.2, 0.25) is 0 Å². The Labute approximate surface area is 133 Å². The molecule has 2 amide bonds. The van der Waals surface area contributed by atoms with E-state index < -0.39 is 0 Å². The van der Waals surface area contributed by atoms with Gasteiger partial charge in [-0.25, -0.2) is 14.8 Å². The Bertz CT molecular complexity index is 630. The standard InChI is InChI=1S/C15H20N4O2S/c1-4-21-13-12(6-5-7-16-13)8-17-15(20)19-11(3)14-18-10(2)9-22-14/h5-7,9,11H,4,8H2,1-3H3,(H2,17,19,20)/t11-/m1/s1. The van der Waals surface area contributed by atoms with Crippen LogP contribution in [0.4, 0.5) is 4.79 Å². The number of carbonyl (C=O) groups is 1. The average molecular weight is 320 g/mol. The van der Waals surface area contributed by atoms with E-state index in [1.165, 1.54) is 11.3 Å². The second kappa shape index (κ2) is 7.74. The van der Waals surface area contributed by atoms with Crippen molar-refractivity contribution in [2.45, 2.75) is 33.4 Å². The maximum absolute atomic E-state index is 12.0. The Kier molecular flexibility index (Phi) is 5.71. The van der Waals surface area contributed by atoms with Crippen molar-refractivity contribution < 1.29 is 9.53 Å². The molecule has 1 atom stereocenters. The van der Waals surface area contributed by atoms with E-state index in [9.17, 15) is 4.79 Å². The molecule has 0 fully saturated rings. The number of aromatic nitrogens is 2. The van der Waals surface area contributed by atoms with Gasteiger partial charge in [-0.15, -0.1) is 11.3 Å². The summed E-state index contributed by atoms with van der Waals surface area (Å²) in [6, 6.07) is 3.33. The van der Waals surface area contributed by atoms with Crippen LogP contribution in [-0.4, -0.2) is 22.6 Å². The van der Waals surface area contributed by atoms with Gasteiger partial charge in [0.2, 0.25) is 5.88 Å². The number of amides is 2. The molecule has 6 nitrogen and oxygen atoms in total. The van der Waals surface area contributed by atoms with Gasteiger partial charge in [0, 0.05) is 29.4 Å². The second-order valence-electron chi connectivity index (χ2n) is 4.78. The van der Waals surface area contributed by atoms with Crippen molar-refractivity contribution in [3.8, 4) is 5.88 Å². The third-order valence-electron chi connectivity index (χ3n) is 2.93. The lowest BCUT2D eigenvalue weighted by molar-refractivity contribution is 0.237. The van der Waals surface area contributed by atoms with Crippen LogP contribution in [0.15, 0.2) is 23.7 Å². The average Bonchev–Trinajstić information content (AvgIpc) is 2.93. The van der Waals surface area contributed by atoms with Crippen LogP contribution >= 0.6 is 11.3 Å². The number of hydrogen-bond acceptors (Lipinski definition) is 5. The summed E-state index contributed by atoms with van der Waals surface area (Å²) in [6.45, 7) is 6.64. The van der Waals surface area contributed by atoms with E-state index in [1.807, 2.05) is 38.3 Å². The van der Waals surface area contributed by atoms with Crippen molar-refractivity contribution in [3.63, 3.8) is 0 Å². The van der Waals surface area contributed by atoms with E-state index in [0.29, 0.717) is 19.0 Å². The predicted molar refractivity (Wildman–Crippen MR) is 86.0 cm³/mol. The largest absolute Gasteiger partial charge is 0.478 e. The zero-order valence-electron chi connectivity index (χ0n) is 12.9. The van der Waals surface area contributed by atoms with Crippen molar-refractivity contribution in [2.24, 2.45) is 0 Å². The fourth-order valence-corrected chi connectivity index (χ4v) is 2.69. The Hall–Kier alpha value is -2.15. The first-order chi connectivity index (χ1) is 10.6. The Balaban J connectivity index is 1.88. The van der Waals surface area contributed by atoms with Gasteiger partial charge >= 0.3 is 6.03 Å². The molecule has 2 aromatic rings. The molecule has 2 rings (SSSR count). The fraction of sp³-hybridized carbons (Fsp3) is 0.400. The minimum absolute atomic E-state index is 0.126. The Morgan fingerprint density at radius 2 is 2.32 bits per heavy atom. The summed E-state index contributed by atoms with van der Waals surface area (Å²) in [4.78, 5) is 20.5. The van der Waals surface area contributed by atoms with E-state index >= 15 is 0 Å². The third-order valence-corrected chi connectivity index (χ3v) is 4.07. The van der Waals surface area contributed by atoms with E-state index in [4.69, 9.17) is 4.74 Å². The van der Waals surface area contributed by atoms with E-state index in [-0.39, 0.29) is 12.1 Å². The smallest absolute Gasteiger partial charge is 0.315 e. The van der Waals surface area contributed by atoms with Crippen LogP contribution in [0.3, 0.4) is 0 Å². The molecule has 0 aliphatic heterocycles. The first-order valence-electron chi connectivity index (χ1n) is 7.13. The maximum atomic E-state index is 12.0.